The van der Waals surface area contributed by atoms with E-state index in [1.54, 1.807) is 6.08 Å². The number of para-hydroxylation sites is 1. The molecular weight excluding hydrogens is 302 g/mol. The average molecular weight is 325 g/mol. The van der Waals surface area contributed by atoms with Gasteiger partial charge in [0.05, 0.1) is 13.2 Å². The van der Waals surface area contributed by atoms with Crippen LogP contribution in [0, 0.1) is 6.92 Å². The van der Waals surface area contributed by atoms with Crippen LogP contribution < -0.4 is 14.8 Å². The summed E-state index contributed by atoms with van der Waals surface area (Å²) >= 11 is 0. The average Bonchev–Trinajstić information content (AvgIpc) is 2.57. The standard InChI is InChI=1S/C20H23NO3/c1-4-23-18-12-10-16(14-19(18)24-5-2)11-13-20(22)21-17-9-7-6-8-15(17)3/h6-14H,4-5H2,1-3H3,(H,21,22)/b13-11+. The molecule has 1 amide bonds. The number of ether oxygens (including phenoxy) is 2. The number of carbonyl (C=O) groups is 1. The summed E-state index contributed by atoms with van der Waals surface area (Å²) in [5.74, 6) is 1.22. The van der Waals surface area contributed by atoms with Crippen LogP contribution in [-0.4, -0.2) is 19.1 Å². The maximum Gasteiger partial charge on any atom is 0.248 e. The number of amides is 1. The molecule has 2 aromatic carbocycles. The number of carbonyl (C=O) groups excluding carboxylic acids is 1. The van der Waals surface area contributed by atoms with Crippen molar-refractivity contribution in [2.45, 2.75) is 20.8 Å². The summed E-state index contributed by atoms with van der Waals surface area (Å²) < 4.78 is 11.1. The van der Waals surface area contributed by atoms with Gasteiger partial charge in [0.2, 0.25) is 5.91 Å². The first-order chi connectivity index (χ1) is 11.6. The smallest absolute Gasteiger partial charge is 0.248 e. The molecule has 0 aromatic heterocycles. The highest BCUT2D eigenvalue weighted by Crippen LogP contribution is 2.29. The van der Waals surface area contributed by atoms with Gasteiger partial charge >= 0.3 is 0 Å². The van der Waals surface area contributed by atoms with Gasteiger partial charge in [-0.2, -0.15) is 0 Å². The van der Waals surface area contributed by atoms with E-state index in [0.29, 0.717) is 24.7 Å². The Hall–Kier alpha value is -2.75. The second-order valence-electron chi connectivity index (χ2n) is 5.21. The first kappa shape index (κ1) is 17.6. The summed E-state index contributed by atoms with van der Waals surface area (Å²) in [5, 5.41) is 2.87. The molecule has 0 spiro atoms. The van der Waals surface area contributed by atoms with Crippen molar-refractivity contribution in [1.82, 2.24) is 0 Å². The van der Waals surface area contributed by atoms with Gasteiger partial charge in [0.25, 0.3) is 0 Å². The molecule has 4 heteroatoms. The minimum absolute atomic E-state index is 0.170. The molecule has 0 atom stereocenters. The van der Waals surface area contributed by atoms with Gasteiger partial charge in [-0.25, -0.2) is 0 Å². The number of anilines is 1. The minimum atomic E-state index is -0.170. The van der Waals surface area contributed by atoms with Crippen molar-refractivity contribution in [2.24, 2.45) is 0 Å². The molecule has 0 saturated heterocycles. The van der Waals surface area contributed by atoms with Crippen LogP contribution in [0.4, 0.5) is 5.69 Å². The van der Waals surface area contributed by atoms with Gasteiger partial charge in [0.15, 0.2) is 11.5 Å². The maximum absolute atomic E-state index is 12.1. The Morgan fingerprint density at radius 3 is 2.46 bits per heavy atom. The lowest BCUT2D eigenvalue weighted by molar-refractivity contribution is -0.111. The molecule has 2 rings (SSSR count). The lowest BCUT2D eigenvalue weighted by Crippen LogP contribution is -2.08. The first-order valence-electron chi connectivity index (χ1n) is 8.08. The molecule has 0 fully saturated rings. The highest BCUT2D eigenvalue weighted by Gasteiger charge is 2.05. The van der Waals surface area contributed by atoms with Crippen LogP contribution >= 0.6 is 0 Å². The predicted octanol–water partition coefficient (Wildman–Crippen LogP) is 4.44. The SMILES string of the molecule is CCOc1ccc(/C=C/C(=O)Nc2ccccc2C)cc1OCC. The second-order valence-corrected chi connectivity index (χ2v) is 5.21. The van der Waals surface area contributed by atoms with Crippen LogP contribution in [0.3, 0.4) is 0 Å². The number of hydrogen-bond acceptors (Lipinski definition) is 3. The third-order valence-electron chi connectivity index (χ3n) is 3.40. The Balaban J connectivity index is 2.09. The lowest BCUT2D eigenvalue weighted by Gasteiger charge is -2.11. The number of benzene rings is 2. The molecule has 0 aliphatic heterocycles. The van der Waals surface area contributed by atoms with Crippen molar-refractivity contribution in [1.29, 1.82) is 0 Å². The molecule has 0 radical (unpaired) electrons. The summed E-state index contributed by atoms with van der Waals surface area (Å²) in [6.07, 6.45) is 3.27. The van der Waals surface area contributed by atoms with Gasteiger partial charge in [-0.15, -0.1) is 0 Å². The molecule has 126 valence electrons. The Morgan fingerprint density at radius 2 is 1.75 bits per heavy atom. The third-order valence-corrected chi connectivity index (χ3v) is 3.40. The van der Waals surface area contributed by atoms with E-state index in [1.807, 2.05) is 63.2 Å². The van der Waals surface area contributed by atoms with E-state index in [0.717, 1.165) is 16.8 Å². The fourth-order valence-electron chi connectivity index (χ4n) is 2.23. The summed E-state index contributed by atoms with van der Waals surface area (Å²) in [6, 6.07) is 13.3. The molecule has 0 unspecified atom stereocenters. The Morgan fingerprint density at radius 1 is 1.04 bits per heavy atom. The van der Waals surface area contributed by atoms with E-state index in [2.05, 4.69) is 5.32 Å². The number of nitrogens with one attached hydrogen (secondary N) is 1. The minimum Gasteiger partial charge on any atom is -0.490 e. The molecule has 0 saturated carbocycles. The maximum atomic E-state index is 12.1. The largest absolute Gasteiger partial charge is 0.490 e. The summed E-state index contributed by atoms with van der Waals surface area (Å²) in [6.45, 7) is 6.95. The van der Waals surface area contributed by atoms with Gasteiger partial charge in [-0.05, 0) is 56.2 Å². The normalized spacial score (nSPS) is 10.6. The second kappa shape index (κ2) is 8.77. The molecule has 2 aromatic rings. The van der Waals surface area contributed by atoms with E-state index in [4.69, 9.17) is 9.47 Å². The van der Waals surface area contributed by atoms with E-state index in [-0.39, 0.29) is 5.91 Å². The van der Waals surface area contributed by atoms with Gasteiger partial charge in [-0.1, -0.05) is 24.3 Å². The van der Waals surface area contributed by atoms with Crippen LogP contribution in [0.5, 0.6) is 11.5 Å². The Labute approximate surface area is 143 Å². The summed E-state index contributed by atoms with van der Waals surface area (Å²) in [7, 11) is 0. The van der Waals surface area contributed by atoms with E-state index in [9.17, 15) is 4.79 Å². The van der Waals surface area contributed by atoms with Gasteiger partial charge < -0.3 is 14.8 Å². The zero-order valence-corrected chi connectivity index (χ0v) is 14.3. The fraction of sp³-hybridized carbons (Fsp3) is 0.250. The van der Waals surface area contributed by atoms with Gasteiger partial charge in [0.1, 0.15) is 0 Å². The highest BCUT2D eigenvalue weighted by atomic mass is 16.5. The topological polar surface area (TPSA) is 47.6 Å². The summed E-state index contributed by atoms with van der Waals surface area (Å²) in [5.41, 5.74) is 2.72. The van der Waals surface area contributed by atoms with Crippen LogP contribution in [0.2, 0.25) is 0 Å². The van der Waals surface area contributed by atoms with Crippen molar-refractivity contribution >= 4 is 17.7 Å². The molecule has 0 aliphatic carbocycles. The lowest BCUT2D eigenvalue weighted by atomic mass is 10.1. The number of hydrogen-bond donors (Lipinski definition) is 1. The van der Waals surface area contributed by atoms with Gasteiger partial charge in [0, 0.05) is 11.8 Å². The fourth-order valence-corrected chi connectivity index (χ4v) is 2.23. The molecular formula is C20H23NO3. The monoisotopic (exact) mass is 325 g/mol. The predicted molar refractivity (Wildman–Crippen MR) is 97.6 cm³/mol. The van der Waals surface area contributed by atoms with Crippen LogP contribution in [-0.2, 0) is 4.79 Å². The Kier molecular flexibility index (Phi) is 6.43. The number of aryl methyl sites for hydroxylation is 1. The van der Waals surface area contributed by atoms with Crippen molar-refractivity contribution in [3.63, 3.8) is 0 Å². The zero-order valence-electron chi connectivity index (χ0n) is 14.3. The quantitative estimate of drug-likeness (QED) is 0.765. The van der Waals surface area contributed by atoms with Crippen LogP contribution in [0.25, 0.3) is 6.08 Å². The number of rotatable bonds is 7. The molecule has 0 aliphatic rings. The summed E-state index contributed by atoms with van der Waals surface area (Å²) in [4.78, 5) is 12.1. The zero-order chi connectivity index (χ0) is 17.4. The highest BCUT2D eigenvalue weighted by molar-refractivity contribution is 6.02. The molecule has 0 heterocycles. The third kappa shape index (κ3) is 4.88. The van der Waals surface area contributed by atoms with E-state index in [1.165, 1.54) is 6.08 Å². The van der Waals surface area contributed by atoms with Crippen molar-refractivity contribution in [2.75, 3.05) is 18.5 Å². The van der Waals surface area contributed by atoms with E-state index >= 15 is 0 Å². The first-order valence-corrected chi connectivity index (χ1v) is 8.08. The van der Waals surface area contributed by atoms with Crippen LogP contribution in [0.15, 0.2) is 48.5 Å². The Bertz CT molecular complexity index is 723. The molecule has 24 heavy (non-hydrogen) atoms. The van der Waals surface area contributed by atoms with Crippen molar-refractivity contribution in [3.8, 4) is 11.5 Å². The van der Waals surface area contributed by atoms with Gasteiger partial charge in [-0.3, -0.25) is 4.79 Å². The van der Waals surface area contributed by atoms with Crippen LogP contribution in [0.1, 0.15) is 25.0 Å². The molecule has 0 bridgehead atoms. The van der Waals surface area contributed by atoms with Crippen molar-refractivity contribution in [3.05, 3.63) is 59.7 Å². The van der Waals surface area contributed by atoms with E-state index < -0.39 is 0 Å². The van der Waals surface area contributed by atoms with Crippen molar-refractivity contribution < 1.29 is 14.3 Å². The molecule has 4 nitrogen and oxygen atoms in total. The molecule has 1 N–H and O–H groups in total.